The van der Waals surface area contributed by atoms with Crippen molar-refractivity contribution in [1.82, 2.24) is 0 Å². The Labute approximate surface area is 118 Å². The van der Waals surface area contributed by atoms with Gasteiger partial charge in [0.15, 0.2) is 0 Å². The average molecular weight is 266 g/mol. The molecule has 0 aromatic heterocycles. The van der Waals surface area contributed by atoms with Gasteiger partial charge in [-0.15, -0.1) is 0 Å². The maximum Gasteiger partial charge on any atom is 0.0949 e. The molecule has 0 aliphatic carbocycles. The zero-order valence-electron chi connectivity index (χ0n) is 13.5. The van der Waals surface area contributed by atoms with Crippen LogP contribution in [0.5, 0.6) is 0 Å². The molecule has 2 heteroatoms. The number of epoxide rings is 1. The molecule has 2 nitrogen and oxygen atoms in total. The number of ether oxygens (including phenoxy) is 2. The van der Waals surface area contributed by atoms with E-state index in [1.165, 1.54) is 11.1 Å². The van der Waals surface area contributed by atoms with Gasteiger partial charge in [0, 0.05) is 7.11 Å². The van der Waals surface area contributed by atoms with E-state index in [1.807, 2.05) is 0 Å². The second kappa shape index (κ2) is 6.71. The maximum atomic E-state index is 5.78. The van der Waals surface area contributed by atoms with E-state index in [0.717, 1.165) is 32.3 Å². The molecule has 0 radical (unpaired) electrons. The van der Waals surface area contributed by atoms with Crippen molar-refractivity contribution in [2.24, 2.45) is 0 Å². The van der Waals surface area contributed by atoms with Crippen LogP contribution in [0.15, 0.2) is 23.3 Å². The lowest BCUT2D eigenvalue weighted by Gasteiger charge is -2.09. The topological polar surface area (TPSA) is 21.8 Å². The number of allylic oxidation sites excluding steroid dienone is 3. The van der Waals surface area contributed by atoms with Crippen molar-refractivity contribution < 1.29 is 9.47 Å². The van der Waals surface area contributed by atoms with Gasteiger partial charge in [-0.1, -0.05) is 23.3 Å². The van der Waals surface area contributed by atoms with Gasteiger partial charge in [-0.25, -0.2) is 0 Å². The Bertz CT molecular complexity index is 352. The molecule has 0 spiro atoms. The Balaban J connectivity index is 2.23. The molecule has 0 saturated carbocycles. The first kappa shape index (κ1) is 16.5. The quantitative estimate of drug-likeness (QED) is 0.471. The minimum Gasteiger partial charge on any atom is -0.381 e. The highest BCUT2D eigenvalue weighted by atomic mass is 16.6. The summed E-state index contributed by atoms with van der Waals surface area (Å²) in [5.41, 5.74) is 3.06. The van der Waals surface area contributed by atoms with Crippen LogP contribution in [0.2, 0.25) is 0 Å². The first-order valence-corrected chi connectivity index (χ1v) is 7.31. The van der Waals surface area contributed by atoms with Gasteiger partial charge in [-0.2, -0.15) is 0 Å². The van der Waals surface area contributed by atoms with Crippen LogP contribution in [0.1, 0.15) is 60.3 Å². The average Bonchev–Trinajstić information content (AvgIpc) is 2.84. The molecule has 0 N–H and O–H groups in total. The third-order valence-electron chi connectivity index (χ3n) is 4.34. The van der Waals surface area contributed by atoms with Crippen LogP contribution in [0.3, 0.4) is 0 Å². The van der Waals surface area contributed by atoms with Gasteiger partial charge in [-0.3, -0.25) is 0 Å². The summed E-state index contributed by atoms with van der Waals surface area (Å²) in [6.45, 7) is 11.7. The summed E-state index contributed by atoms with van der Waals surface area (Å²) in [5.74, 6) is 0. The third kappa shape index (κ3) is 5.12. The van der Waals surface area contributed by atoms with Crippen LogP contribution >= 0.6 is 0 Å². The largest absolute Gasteiger partial charge is 0.381 e. The minimum atomic E-state index is 0.0761. The first-order chi connectivity index (χ1) is 8.81. The molecule has 1 unspecified atom stereocenters. The Morgan fingerprint density at radius 2 is 1.63 bits per heavy atom. The Hall–Kier alpha value is -0.600. The van der Waals surface area contributed by atoms with E-state index in [0.29, 0.717) is 0 Å². The van der Waals surface area contributed by atoms with Gasteiger partial charge in [0.2, 0.25) is 0 Å². The lowest BCUT2D eigenvalue weighted by molar-refractivity contribution is 0.233. The molecule has 1 atom stereocenters. The predicted octanol–water partition coefficient (Wildman–Crippen LogP) is 4.65. The zero-order chi connectivity index (χ0) is 14.5. The van der Waals surface area contributed by atoms with Crippen LogP contribution in [0, 0.1) is 0 Å². The van der Waals surface area contributed by atoms with Crippen molar-refractivity contribution >= 4 is 0 Å². The van der Waals surface area contributed by atoms with Crippen LogP contribution in [0.25, 0.3) is 0 Å². The van der Waals surface area contributed by atoms with Crippen molar-refractivity contribution in [2.45, 2.75) is 71.5 Å². The first-order valence-electron chi connectivity index (χ1n) is 7.31. The van der Waals surface area contributed by atoms with E-state index < -0.39 is 0 Å². The number of hydrogen-bond donors (Lipinski definition) is 0. The van der Waals surface area contributed by atoms with Crippen molar-refractivity contribution in [2.75, 3.05) is 13.7 Å². The third-order valence-corrected chi connectivity index (χ3v) is 4.34. The van der Waals surface area contributed by atoms with E-state index in [9.17, 15) is 0 Å². The van der Waals surface area contributed by atoms with Gasteiger partial charge in [0.05, 0.1) is 17.8 Å². The molecule has 110 valence electrons. The van der Waals surface area contributed by atoms with E-state index in [1.54, 1.807) is 7.11 Å². The molecule has 0 amide bonds. The molecule has 1 aliphatic rings. The number of hydrogen-bond acceptors (Lipinski definition) is 2. The highest BCUT2D eigenvalue weighted by molar-refractivity contribution is 5.11. The van der Waals surface area contributed by atoms with Crippen LogP contribution in [-0.4, -0.2) is 24.9 Å². The molecule has 1 saturated heterocycles. The highest BCUT2D eigenvalue weighted by Crippen LogP contribution is 2.50. The van der Waals surface area contributed by atoms with E-state index >= 15 is 0 Å². The van der Waals surface area contributed by atoms with Gasteiger partial charge in [-0.05, 0) is 60.3 Å². The van der Waals surface area contributed by atoms with Crippen molar-refractivity contribution in [3.05, 3.63) is 23.3 Å². The van der Waals surface area contributed by atoms with Crippen molar-refractivity contribution in [3.63, 3.8) is 0 Å². The minimum absolute atomic E-state index is 0.0761. The van der Waals surface area contributed by atoms with Crippen LogP contribution in [-0.2, 0) is 9.47 Å². The van der Waals surface area contributed by atoms with Gasteiger partial charge in [0.1, 0.15) is 0 Å². The van der Waals surface area contributed by atoms with Gasteiger partial charge >= 0.3 is 0 Å². The van der Waals surface area contributed by atoms with E-state index in [-0.39, 0.29) is 11.2 Å². The lowest BCUT2D eigenvalue weighted by Crippen LogP contribution is -2.16. The summed E-state index contributed by atoms with van der Waals surface area (Å²) in [5, 5.41) is 0. The Kier molecular flexibility index (Phi) is 5.82. The SMILES string of the molecule is COC/C=C(\C)CC/C=C(\C)CCC1(C)OC1(C)C. The molecule has 1 rings (SSSR count). The highest BCUT2D eigenvalue weighted by Gasteiger charge is 2.59. The molecular weight excluding hydrogens is 236 g/mol. The molecule has 0 aromatic rings. The fourth-order valence-electron chi connectivity index (χ4n) is 2.30. The second-order valence-corrected chi connectivity index (χ2v) is 6.44. The van der Waals surface area contributed by atoms with Crippen LogP contribution in [0.4, 0.5) is 0 Å². The normalized spacial score (nSPS) is 26.6. The zero-order valence-corrected chi connectivity index (χ0v) is 13.5. The lowest BCUT2D eigenvalue weighted by atomic mass is 9.91. The maximum absolute atomic E-state index is 5.78. The summed E-state index contributed by atoms with van der Waals surface area (Å²) >= 11 is 0. The Morgan fingerprint density at radius 1 is 1.05 bits per heavy atom. The fourth-order valence-corrected chi connectivity index (χ4v) is 2.30. The molecule has 0 aromatic carbocycles. The summed E-state index contributed by atoms with van der Waals surface area (Å²) in [7, 11) is 1.73. The molecular formula is C17H30O2. The smallest absolute Gasteiger partial charge is 0.0949 e. The van der Waals surface area contributed by atoms with Gasteiger partial charge < -0.3 is 9.47 Å². The van der Waals surface area contributed by atoms with E-state index in [4.69, 9.17) is 9.47 Å². The standard InChI is InChI=1S/C17H30O2/c1-14(8-7-9-15(2)11-13-18-6)10-12-17(5)16(3,4)19-17/h8,11H,7,9-10,12-13H2,1-6H3/b14-8+,15-11+. The van der Waals surface area contributed by atoms with Crippen molar-refractivity contribution in [3.8, 4) is 0 Å². The van der Waals surface area contributed by atoms with Crippen LogP contribution < -0.4 is 0 Å². The molecule has 19 heavy (non-hydrogen) atoms. The second-order valence-electron chi connectivity index (χ2n) is 6.44. The van der Waals surface area contributed by atoms with Crippen molar-refractivity contribution in [1.29, 1.82) is 0 Å². The summed E-state index contributed by atoms with van der Waals surface area (Å²) in [4.78, 5) is 0. The summed E-state index contributed by atoms with van der Waals surface area (Å²) < 4.78 is 10.8. The summed E-state index contributed by atoms with van der Waals surface area (Å²) in [6, 6.07) is 0. The molecule has 1 heterocycles. The number of rotatable bonds is 8. The summed E-state index contributed by atoms with van der Waals surface area (Å²) in [6.07, 6.45) is 9.04. The molecule has 1 aliphatic heterocycles. The molecule has 1 fully saturated rings. The fraction of sp³-hybridized carbons (Fsp3) is 0.765. The number of methoxy groups -OCH3 is 1. The van der Waals surface area contributed by atoms with E-state index in [2.05, 4.69) is 46.8 Å². The van der Waals surface area contributed by atoms with Gasteiger partial charge in [0.25, 0.3) is 0 Å². The Morgan fingerprint density at radius 3 is 2.16 bits per heavy atom. The predicted molar refractivity (Wildman–Crippen MR) is 81.4 cm³/mol. The monoisotopic (exact) mass is 266 g/mol. The molecule has 0 bridgehead atoms.